The van der Waals surface area contributed by atoms with Crippen molar-refractivity contribution >= 4 is 35.1 Å². The van der Waals surface area contributed by atoms with Crippen LogP contribution in [0.3, 0.4) is 0 Å². The lowest BCUT2D eigenvalue weighted by Gasteiger charge is -2.04. The van der Waals surface area contributed by atoms with Crippen molar-refractivity contribution in [2.75, 3.05) is 5.32 Å². The average Bonchev–Trinajstić information content (AvgIpc) is 3.16. The monoisotopic (exact) mass is 432 g/mol. The molecule has 0 atom stereocenters. The van der Waals surface area contributed by atoms with Crippen LogP contribution in [0.1, 0.15) is 17.0 Å². The summed E-state index contributed by atoms with van der Waals surface area (Å²) in [5.74, 6) is -0.619. The molecule has 12 heteroatoms. The fraction of sp³-hybridized carbons (Fsp3) is 0.250. The van der Waals surface area contributed by atoms with Gasteiger partial charge >= 0.3 is 6.18 Å². The first-order chi connectivity index (χ1) is 13.1. The zero-order valence-electron chi connectivity index (χ0n) is 14.3. The van der Waals surface area contributed by atoms with Gasteiger partial charge in [-0.05, 0) is 24.6 Å². The number of hydrogen-bond donors (Lipinski definition) is 1. The molecule has 0 aliphatic heterocycles. The molecule has 0 fully saturated rings. The van der Waals surface area contributed by atoms with Crippen molar-refractivity contribution in [1.82, 2.24) is 24.5 Å². The lowest BCUT2D eigenvalue weighted by molar-refractivity contribution is -0.141. The highest BCUT2D eigenvalue weighted by atomic mass is 35.5. The molecular weight excluding hydrogens is 420 g/mol. The second-order valence-electron chi connectivity index (χ2n) is 5.84. The van der Waals surface area contributed by atoms with Crippen LogP contribution in [0.2, 0.25) is 10.0 Å². The lowest BCUT2D eigenvalue weighted by atomic mass is 10.2. The molecule has 0 spiro atoms. The second kappa shape index (κ2) is 7.80. The van der Waals surface area contributed by atoms with E-state index in [4.69, 9.17) is 23.2 Å². The molecule has 0 saturated heterocycles. The van der Waals surface area contributed by atoms with Crippen LogP contribution < -0.4 is 5.32 Å². The summed E-state index contributed by atoms with van der Waals surface area (Å²) in [6.45, 7) is 1.28. The summed E-state index contributed by atoms with van der Waals surface area (Å²) >= 11 is 11.5. The summed E-state index contributed by atoms with van der Waals surface area (Å²) < 4.78 is 40.9. The van der Waals surface area contributed by atoms with E-state index in [2.05, 4.69) is 20.5 Å². The quantitative estimate of drug-likeness (QED) is 0.664. The van der Waals surface area contributed by atoms with E-state index in [1.165, 1.54) is 17.9 Å². The molecule has 148 valence electrons. The Balaban J connectivity index is 1.64. The van der Waals surface area contributed by atoms with E-state index in [9.17, 15) is 18.0 Å². The Bertz CT molecular complexity index is 997. The predicted molar refractivity (Wildman–Crippen MR) is 96.2 cm³/mol. The van der Waals surface area contributed by atoms with E-state index in [1.54, 1.807) is 12.1 Å². The summed E-state index contributed by atoms with van der Waals surface area (Å²) in [5, 5.41) is 9.96. The Morgan fingerprint density at radius 1 is 1.18 bits per heavy atom. The number of anilines is 1. The number of alkyl halides is 3. The van der Waals surface area contributed by atoms with E-state index in [-0.39, 0.29) is 11.6 Å². The number of nitrogens with one attached hydrogen (secondary N) is 1. The number of carbonyl (C=O) groups excluding carboxylic acids is 1. The van der Waals surface area contributed by atoms with E-state index in [0.717, 1.165) is 10.2 Å². The average molecular weight is 433 g/mol. The largest absolute Gasteiger partial charge is 0.436 e. The Hall–Kier alpha value is -2.59. The molecule has 28 heavy (non-hydrogen) atoms. The Morgan fingerprint density at radius 3 is 2.46 bits per heavy atom. The maximum Gasteiger partial charge on any atom is 0.436 e. The molecule has 3 rings (SSSR count). The van der Waals surface area contributed by atoms with E-state index >= 15 is 0 Å². The van der Waals surface area contributed by atoms with Crippen molar-refractivity contribution in [3.63, 3.8) is 0 Å². The normalized spacial score (nSPS) is 11.6. The number of amides is 1. The molecule has 1 aromatic carbocycles. The van der Waals surface area contributed by atoms with Crippen molar-refractivity contribution in [1.29, 1.82) is 0 Å². The summed E-state index contributed by atoms with van der Waals surface area (Å²) in [4.78, 5) is 16.1. The molecule has 0 saturated carbocycles. The summed E-state index contributed by atoms with van der Waals surface area (Å²) in [6, 6.07) is 7.13. The van der Waals surface area contributed by atoms with Crippen molar-refractivity contribution in [3.8, 4) is 0 Å². The maximum absolute atomic E-state index is 12.8. The van der Waals surface area contributed by atoms with Crippen LogP contribution in [0.25, 0.3) is 0 Å². The molecule has 0 aliphatic rings. The molecule has 0 radical (unpaired) electrons. The number of hydrogen-bond acceptors (Lipinski definition) is 4. The Kier molecular flexibility index (Phi) is 5.61. The third-order valence-corrected chi connectivity index (χ3v) is 4.45. The van der Waals surface area contributed by atoms with Crippen LogP contribution in [0.15, 0.2) is 30.6 Å². The third-order valence-electron chi connectivity index (χ3n) is 3.74. The van der Waals surface area contributed by atoms with Crippen molar-refractivity contribution < 1.29 is 18.0 Å². The van der Waals surface area contributed by atoms with Gasteiger partial charge in [-0.15, -0.1) is 5.10 Å². The van der Waals surface area contributed by atoms with Crippen LogP contribution in [-0.2, 0) is 24.1 Å². The summed E-state index contributed by atoms with van der Waals surface area (Å²) in [6.07, 6.45) is -3.28. The minimum Gasteiger partial charge on any atom is -0.292 e. The fourth-order valence-electron chi connectivity index (χ4n) is 2.36. The first-order valence-electron chi connectivity index (χ1n) is 7.87. The predicted octanol–water partition coefficient (Wildman–Crippen LogP) is 3.80. The number of rotatable bonds is 5. The molecule has 7 nitrogen and oxygen atoms in total. The van der Waals surface area contributed by atoms with Gasteiger partial charge in [0.2, 0.25) is 11.9 Å². The number of nitrogens with zero attached hydrogens (tertiary/aromatic N) is 5. The lowest BCUT2D eigenvalue weighted by Crippen LogP contribution is -2.21. The first-order valence-corrected chi connectivity index (χ1v) is 8.63. The van der Waals surface area contributed by atoms with Crippen molar-refractivity contribution in [2.24, 2.45) is 0 Å². The zero-order chi connectivity index (χ0) is 20.5. The molecule has 0 unspecified atom stereocenters. The van der Waals surface area contributed by atoms with E-state index < -0.39 is 29.3 Å². The van der Waals surface area contributed by atoms with Crippen LogP contribution in [-0.4, -0.2) is 30.5 Å². The number of halogens is 5. The molecule has 2 aromatic heterocycles. The van der Waals surface area contributed by atoms with Crippen molar-refractivity contribution in [2.45, 2.75) is 26.2 Å². The van der Waals surface area contributed by atoms with Gasteiger partial charge in [0.15, 0.2) is 5.69 Å². The highest BCUT2D eigenvalue weighted by Gasteiger charge is 2.38. The van der Waals surface area contributed by atoms with Gasteiger partial charge < -0.3 is 0 Å². The molecule has 3 aromatic rings. The molecule has 1 N–H and O–H groups in total. The van der Waals surface area contributed by atoms with E-state index in [0.29, 0.717) is 11.6 Å². The van der Waals surface area contributed by atoms with Gasteiger partial charge in [-0.25, -0.2) is 9.67 Å². The number of aromatic nitrogens is 5. The molecule has 0 bridgehead atoms. The minimum atomic E-state index is -4.70. The molecular formula is C16H13Cl2F3N6O. The topological polar surface area (TPSA) is 77.6 Å². The van der Waals surface area contributed by atoms with Crippen LogP contribution in [0.5, 0.6) is 0 Å². The smallest absolute Gasteiger partial charge is 0.292 e. The van der Waals surface area contributed by atoms with Gasteiger partial charge in [0.25, 0.3) is 0 Å². The van der Waals surface area contributed by atoms with Gasteiger partial charge in [0.1, 0.15) is 12.9 Å². The summed E-state index contributed by atoms with van der Waals surface area (Å²) in [5.41, 5.74) is -0.274. The van der Waals surface area contributed by atoms with Gasteiger partial charge in [0, 0.05) is 5.02 Å². The number of benzene rings is 1. The van der Waals surface area contributed by atoms with Crippen LogP contribution >= 0.6 is 23.2 Å². The molecule has 0 aliphatic carbocycles. The van der Waals surface area contributed by atoms with Crippen LogP contribution in [0.4, 0.5) is 19.1 Å². The van der Waals surface area contributed by atoms with Crippen LogP contribution in [0, 0.1) is 6.92 Å². The zero-order valence-corrected chi connectivity index (χ0v) is 15.8. The fourth-order valence-corrected chi connectivity index (χ4v) is 2.73. The highest BCUT2D eigenvalue weighted by molar-refractivity contribution is 6.32. The minimum absolute atomic E-state index is 0.0194. The number of carbonyl (C=O) groups is 1. The SMILES string of the molecule is Cc1c(Cl)c(C(F)(F)F)nn1CC(=O)Nc1ncn(Cc2ccc(Cl)cc2)n1. The Labute approximate surface area is 167 Å². The van der Waals surface area contributed by atoms with E-state index in [1.807, 2.05) is 12.1 Å². The maximum atomic E-state index is 12.8. The molecule has 1 amide bonds. The van der Waals surface area contributed by atoms with Gasteiger partial charge in [0.05, 0.1) is 17.3 Å². The summed E-state index contributed by atoms with van der Waals surface area (Å²) in [7, 11) is 0. The van der Waals surface area contributed by atoms with Gasteiger partial charge in [-0.1, -0.05) is 35.3 Å². The highest BCUT2D eigenvalue weighted by Crippen LogP contribution is 2.35. The van der Waals surface area contributed by atoms with Gasteiger partial charge in [-0.3, -0.25) is 14.8 Å². The Morgan fingerprint density at radius 2 is 1.86 bits per heavy atom. The molecule has 2 heterocycles. The standard InChI is InChI=1S/C16H13Cl2F3N6O/c1-9-13(18)14(16(19,20)21)24-27(9)7-12(28)23-15-22-8-26(25-15)6-10-2-4-11(17)5-3-10/h2-5,8H,6-7H2,1H3,(H,23,25,28). The second-order valence-corrected chi connectivity index (χ2v) is 6.66. The van der Waals surface area contributed by atoms with Gasteiger partial charge in [-0.2, -0.15) is 18.3 Å². The van der Waals surface area contributed by atoms with Crippen molar-refractivity contribution in [3.05, 3.63) is 57.6 Å². The first kappa shape index (κ1) is 20.2. The third kappa shape index (κ3) is 4.63.